The van der Waals surface area contributed by atoms with Gasteiger partial charge in [0.1, 0.15) is 6.33 Å². The maximum absolute atomic E-state index is 12.3. The van der Waals surface area contributed by atoms with E-state index in [1.807, 2.05) is 6.92 Å². The number of nitrogens with one attached hydrogen (secondary N) is 1. The van der Waals surface area contributed by atoms with E-state index in [1.165, 1.54) is 6.07 Å². The van der Waals surface area contributed by atoms with Crippen molar-refractivity contribution in [1.29, 1.82) is 0 Å². The normalized spacial score (nSPS) is 11.8. The van der Waals surface area contributed by atoms with Crippen molar-refractivity contribution >= 4 is 15.7 Å². The molecule has 0 bridgehead atoms. The maximum atomic E-state index is 12.3. The van der Waals surface area contributed by atoms with Crippen molar-refractivity contribution in [2.75, 3.05) is 12.3 Å². The number of hydrogen-bond donors (Lipinski definition) is 2. The van der Waals surface area contributed by atoms with Gasteiger partial charge in [0.2, 0.25) is 10.0 Å². The summed E-state index contributed by atoms with van der Waals surface area (Å²) in [6.07, 6.45) is 2.01. The lowest BCUT2D eigenvalue weighted by Crippen LogP contribution is -2.27. The molecule has 0 radical (unpaired) electrons. The Kier molecular flexibility index (Phi) is 4.29. The summed E-state index contributed by atoms with van der Waals surface area (Å²) in [7, 11) is -1.83. The Bertz CT molecular complexity index is 752. The fraction of sp³-hybridized carbons (Fsp3) is 0.385. The number of benzene rings is 1. The van der Waals surface area contributed by atoms with Gasteiger partial charge in [0, 0.05) is 25.7 Å². The van der Waals surface area contributed by atoms with Gasteiger partial charge in [-0.25, -0.2) is 18.1 Å². The van der Waals surface area contributed by atoms with Crippen LogP contribution in [0.4, 0.5) is 5.69 Å². The third-order valence-corrected chi connectivity index (χ3v) is 4.81. The third kappa shape index (κ3) is 3.59. The van der Waals surface area contributed by atoms with Gasteiger partial charge in [-0.1, -0.05) is 0 Å². The van der Waals surface area contributed by atoms with Crippen LogP contribution < -0.4 is 10.5 Å². The minimum Gasteiger partial charge on any atom is -0.399 e. The highest BCUT2D eigenvalue weighted by atomic mass is 32.2. The second-order valence-electron chi connectivity index (χ2n) is 4.94. The number of nitrogen functional groups attached to an aromatic ring is 1. The van der Waals surface area contributed by atoms with Crippen LogP contribution in [0.15, 0.2) is 23.4 Å². The lowest BCUT2D eigenvalue weighted by Gasteiger charge is -2.11. The highest BCUT2D eigenvalue weighted by Gasteiger charge is 2.18. The number of rotatable bonds is 5. The van der Waals surface area contributed by atoms with Gasteiger partial charge in [0.05, 0.1) is 4.90 Å². The Balaban J connectivity index is 2.12. The van der Waals surface area contributed by atoms with Crippen LogP contribution in [-0.4, -0.2) is 29.7 Å². The van der Waals surface area contributed by atoms with Crippen LogP contribution in [0, 0.1) is 13.8 Å². The van der Waals surface area contributed by atoms with Gasteiger partial charge in [-0.3, -0.25) is 4.68 Å². The fourth-order valence-corrected chi connectivity index (χ4v) is 3.39. The first-order chi connectivity index (χ1) is 9.79. The zero-order chi connectivity index (χ0) is 15.6. The Morgan fingerprint density at radius 1 is 1.33 bits per heavy atom. The van der Waals surface area contributed by atoms with Crippen molar-refractivity contribution in [1.82, 2.24) is 19.5 Å². The summed E-state index contributed by atoms with van der Waals surface area (Å²) < 4.78 is 28.8. The van der Waals surface area contributed by atoms with Crippen LogP contribution in [0.3, 0.4) is 0 Å². The van der Waals surface area contributed by atoms with Gasteiger partial charge in [0.25, 0.3) is 0 Å². The van der Waals surface area contributed by atoms with Gasteiger partial charge in [0.15, 0.2) is 5.82 Å². The van der Waals surface area contributed by atoms with Crippen LogP contribution in [0.2, 0.25) is 0 Å². The first kappa shape index (κ1) is 15.5. The van der Waals surface area contributed by atoms with E-state index in [0.29, 0.717) is 23.5 Å². The number of aryl methyl sites for hydroxylation is 2. The molecule has 0 spiro atoms. The average Bonchev–Trinajstić information content (AvgIpc) is 2.79. The summed E-state index contributed by atoms with van der Waals surface area (Å²) in [4.78, 5) is 4.27. The van der Waals surface area contributed by atoms with Gasteiger partial charge in [-0.05, 0) is 37.1 Å². The summed E-state index contributed by atoms with van der Waals surface area (Å²) in [5.74, 6) is 0.598. The van der Waals surface area contributed by atoms with E-state index in [4.69, 9.17) is 5.73 Å². The smallest absolute Gasteiger partial charge is 0.240 e. The quantitative estimate of drug-likeness (QED) is 0.784. The van der Waals surface area contributed by atoms with Crippen molar-refractivity contribution in [3.63, 3.8) is 0 Å². The molecule has 0 aliphatic carbocycles. The summed E-state index contributed by atoms with van der Waals surface area (Å²) >= 11 is 0. The molecule has 0 aliphatic heterocycles. The first-order valence-electron chi connectivity index (χ1n) is 6.50. The molecule has 1 heterocycles. The second kappa shape index (κ2) is 5.82. The average molecular weight is 309 g/mol. The molecule has 8 heteroatoms. The van der Waals surface area contributed by atoms with E-state index in [9.17, 15) is 8.42 Å². The number of sulfonamides is 1. The summed E-state index contributed by atoms with van der Waals surface area (Å²) in [6, 6.07) is 3.23. The van der Waals surface area contributed by atoms with Gasteiger partial charge in [-0.2, -0.15) is 5.10 Å². The molecule has 0 fully saturated rings. The van der Waals surface area contributed by atoms with Crippen LogP contribution in [0.1, 0.15) is 17.0 Å². The molecule has 2 aromatic rings. The van der Waals surface area contributed by atoms with Crippen LogP contribution >= 0.6 is 0 Å². The van der Waals surface area contributed by atoms with Crippen molar-refractivity contribution < 1.29 is 8.42 Å². The molecule has 3 N–H and O–H groups in total. The number of anilines is 1. The molecule has 0 amide bonds. The van der Waals surface area contributed by atoms with Crippen molar-refractivity contribution in [3.8, 4) is 0 Å². The van der Waals surface area contributed by atoms with Crippen LogP contribution in [0.25, 0.3) is 0 Å². The third-order valence-electron chi connectivity index (χ3n) is 3.22. The lowest BCUT2D eigenvalue weighted by molar-refractivity contribution is 0.580. The number of nitrogens with two attached hydrogens (primary N) is 1. The molecule has 1 aromatic heterocycles. The summed E-state index contributed by atoms with van der Waals surface area (Å²) in [5.41, 5.74) is 7.72. The monoisotopic (exact) mass is 309 g/mol. The Morgan fingerprint density at radius 2 is 2.05 bits per heavy atom. The van der Waals surface area contributed by atoms with E-state index in [1.54, 1.807) is 31.0 Å². The topological polar surface area (TPSA) is 103 Å². The predicted molar refractivity (Wildman–Crippen MR) is 80.2 cm³/mol. The highest BCUT2D eigenvalue weighted by molar-refractivity contribution is 7.89. The van der Waals surface area contributed by atoms with Crippen molar-refractivity contribution in [2.45, 2.75) is 25.2 Å². The molecule has 2 rings (SSSR count). The molecule has 0 aliphatic rings. The van der Waals surface area contributed by atoms with Gasteiger partial charge >= 0.3 is 0 Å². The van der Waals surface area contributed by atoms with E-state index in [-0.39, 0.29) is 11.4 Å². The Morgan fingerprint density at radius 3 is 2.67 bits per heavy atom. The number of nitrogens with zero attached hydrogens (tertiary/aromatic N) is 3. The van der Waals surface area contributed by atoms with Crippen LogP contribution in [-0.2, 0) is 23.5 Å². The first-order valence-corrected chi connectivity index (χ1v) is 7.99. The molecule has 0 saturated carbocycles. The van der Waals surface area contributed by atoms with E-state index >= 15 is 0 Å². The SMILES string of the molecule is Cc1cc(N)cc(S(=O)(=O)NCCc2ncn(C)n2)c1C. The molecule has 21 heavy (non-hydrogen) atoms. The molecular weight excluding hydrogens is 290 g/mol. The minimum absolute atomic E-state index is 0.217. The zero-order valence-corrected chi connectivity index (χ0v) is 13.1. The predicted octanol–water partition coefficient (Wildman–Crippen LogP) is 0.535. The molecular formula is C13H19N5O2S. The molecule has 114 valence electrons. The minimum atomic E-state index is -3.59. The van der Waals surface area contributed by atoms with E-state index in [2.05, 4.69) is 14.8 Å². The Labute approximate surface area is 124 Å². The standard InChI is InChI=1S/C13H19N5O2S/c1-9-6-11(14)7-12(10(9)2)21(19,20)16-5-4-13-15-8-18(3)17-13/h6-8,16H,4-5,14H2,1-3H3. The molecule has 1 aromatic carbocycles. The molecule has 0 saturated heterocycles. The Hall–Kier alpha value is -1.93. The van der Waals surface area contributed by atoms with Crippen LogP contribution in [0.5, 0.6) is 0 Å². The number of hydrogen-bond acceptors (Lipinski definition) is 5. The summed E-state index contributed by atoms with van der Waals surface area (Å²) in [6.45, 7) is 3.84. The van der Waals surface area contributed by atoms with Crippen molar-refractivity contribution in [3.05, 3.63) is 35.4 Å². The second-order valence-corrected chi connectivity index (χ2v) is 6.68. The molecule has 7 nitrogen and oxygen atoms in total. The zero-order valence-electron chi connectivity index (χ0n) is 12.3. The number of aromatic nitrogens is 3. The highest BCUT2D eigenvalue weighted by Crippen LogP contribution is 2.22. The molecule has 0 atom stereocenters. The van der Waals surface area contributed by atoms with Gasteiger partial charge in [-0.15, -0.1) is 0 Å². The summed E-state index contributed by atoms with van der Waals surface area (Å²) in [5, 5.41) is 4.10. The van der Waals surface area contributed by atoms with E-state index in [0.717, 1.165) is 5.56 Å². The fourth-order valence-electron chi connectivity index (χ4n) is 2.01. The van der Waals surface area contributed by atoms with Gasteiger partial charge < -0.3 is 5.73 Å². The maximum Gasteiger partial charge on any atom is 0.240 e. The molecule has 0 unspecified atom stereocenters. The largest absolute Gasteiger partial charge is 0.399 e. The lowest BCUT2D eigenvalue weighted by atomic mass is 10.1. The van der Waals surface area contributed by atoms with Crippen molar-refractivity contribution in [2.24, 2.45) is 7.05 Å². The van der Waals surface area contributed by atoms with E-state index < -0.39 is 10.0 Å².